The van der Waals surface area contributed by atoms with Gasteiger partial charge in [-0.25, -0.2) is 19.9 Å². The normalized spacial score (nSPS) is 10.3. The minimum atomic E-state index is -1.44. The van der Waals surface area contributed by atoms with Gasteiger partial charge >= 0.3 is 22.5 Å². The molecular weight excluding hydrogens is 1280 g/mol. The van der Waals surface area contributed by atoms with E-state index in [9.17, 15) is 19.5 Å². The fraction of sp³-hybridized carbons (Fsp3) is 0.178. The zero-order chi connectivity index (χ0) is 64.8. The second-order valence-corrected chi connectivity index (χ2v) is 21.3. The van der Waals surface area contributed by atoms with Crippen LogP contribution in [-0.2, 0) is 43.0 Å². The summed E-state index contributed by atoms with van der Waals surface area (Å²) in [5.74, 6) is -0.146. The third-order valence-electron chi connectivity index (χ3n) is 14.4. The van der Waals surface area contributed by atoms with Gasteiger partial charge < -0.3 is 24.2 Å². The molecule has 0 saturated heterocycles. The van der Waals surface area contributed by atoms with E-state index in [0.29, 0.717) is 33.8 Å². The number of aromatic nitrogens is 13. The van der Waals surface area contributed by atoms with E-state index < -0.39 is 20.9 Å². The molecular formula is C73H77Cl2MnN13O6. The summed E-state index contributed by atoms with van der Waals surface area (Å²) in [5.41, 5.74) is 14.9. The van der Waals surface area contributed by atoms with E-state index in [1.54, 1.807) is 68.0 Å². The molecule has 0 bridgehead atoms. The number of halogens is 2. The Morgan fingerprint density at radius 3 is 1.35 bits per heavy atom. The maximum atomic E-state index is 12.4. The number of ketones is 2. The van der Waals surface area contributed by atoms with Gasteiger partial charge in [0.25, 0.3) is 0 Å². The maximum absolute atomic E-state index is 12.4. The molecule has 95 heavy (non-hydrogen) atoms. The van der Waals surface area contributed by atoms with Crippen LogP contribution in [0.2, 0.25) is 0 Å². The van der Waals surface area contributed by atoms with Crippen molar-refractivity contribution in [2.75, 3.05) is 5.34 Å². The summed E-state index contributed by atoms with van der Waals surface area (Å²) in [7, 11) is 3.79. The van der Waals surface area contributed by atoms with Gasteiger partial charge in [0, 0.05) is 118 Å². The number of hydrogen-bond donors (Lipinski definition) is 3. The van der Waals surface area contributed by atoms with Gasteiger partial charge in [-0.15, -0.1) is 23.2 Å². The fourth-order valence-electron chi connectivity index (χ4n) is 9.32. The van der Waals surface area contributed by atoms with Crippen molar-refractivity contribution in [2.24, 2.45) is 14.1 Å². The van der Waals surface area contributed by atoms with Crippen LogP contribution in [0.4, 0.5) is 0 Å². The van der Waals surface area contributed by atoms with Crippen molar-refractivity contribution in [3.8, 4) is 0 Å². The Morgan fingerprint density at radius 1 is 0.505 bits per heavy atom. The molecule has 5 aromatic carbocycles. The van der Waals surface area contributed by atoms with Crippen LogP contribution in [-0.4, -0.2) is 92.3 Å². The molecule has 19 nitrogen and oxygen atoms in total. The van der Waals surface area contributed by atoms with Crippen LogP contribution in [0.1, 0.15) is 124 Å². The summed E-state index contributed by atoms with van der Waals surface area (Å²) in [4.78, 5) is 79.2. The Balaban J connectivity index is 0.000000246. The standard InChI is InChI=1S/C15H15N3O.C15H13N3O.C14H11N3O.C14H13N3.C10H7NO.CH2Cl2.4CH4.Mn.2O/c2*1-10-14(17-9-18(10)2)15(19)12-6-5-11-4-3-7-16-13(11)8-12;1-9-13(17-8-16-9)14(18)11-5-4-10-3-2-6-15-12(10)7-11;1-10-13(17-9-16-10)7-11-4-5-12-3-2-6-15-14(12)8-11;12-7-8-3-4-9-2-1-5-11-10(9)6-8;2-1-3;;;;;;;/h3-9,15,19H,1-2H3;3-9H,1-2H3;2-8H,1H3,(H,16,17);2-6,8-9H,7H2,1H3,(H,16,17);1-7H;1H2;4*1H4;;;. The number of aliphatic hydroxyl groups excluding tert-OH is 1. The molecule has 22 heteroatoms. The average molecular weight is 1360 g/mol. The van der Waals surface area contributed by atoms with Crippen LogP contribution < -0.4 is 0 Å². The number of imidazole rings is 4. The van der Waals surface area contributed by atoms with Crippen LogP contribution in [0.3, 0.4) is 0 Å². The molecule has 9 heterocycles. The monoisotopic (exact) mass is 1360 g/mol. The van der Waals surface area contributed by atoms with Gasteiger partial charge in [-0.05, 0) is 99.5 Å². The molecule has 0 amide bonds. The Hall–Kier alpha value is -10.3. The molecule has 0 aliphatic rings. The van der Waals surface area contributed by atoms with Crippen molar-refractivity contribution in [3.05, 3.63) is 281 Å². The van der Waals surface area contributed by atoms with Crippen LogP contribution in [0.5, 0.6) is 0 Å². The Morgan fingerprint density at radius 2 is 0.916 bits per heavy atom. The second kappa shape index (κ2) is 38.0. The number of aliphatic hydroxyl groups is 1. The number of hydrogen-bond acceptors (Lipinski definition) is 15. The minimum absolute atomic E-state index is 0. The molecule has 0 saturated carbocycles. The predicted octanol–water partition coefficient (Wildman–Crippen LogP) is 16.0. The first-order chi connectivity index (χ1) is 44.1. The van der Waals surface area contributed by atoms with Crippen molar-refractivity contribution in [2.45, 2.75) is 69.9 Å². The number of benzene rings is 5. The number of carbonyl (C=O) groups excluding carboxylic acids is 3. The van der Waals surface area contributed by atoms with Crippen molar-refractivity contribution >= 4 is 95.6 Å². The number of alkyl halides is 2. The Labute approximate surface area is 568 Å². The molecule has 9 aromatic heterocycles. The molecule has 1 atom stereocenters. The van der Waals surface area contributed by atoms with Gasteiger partial charge in [-0.3, -0.25) is 39.3 Å². The van der Waals surface area contributed by atoms with Gasteiger partial charge in [0.05, 0.1) is 69.6 Å². The van der Waals surface area contributed by atoms with E-state index in [1.165, 1.54) is 17.3 Å². The fourth-order valence-corrected chi connectivity index (χ4v) is 9.32. The van der Waals surface area contributed by atoms with Gasteiger partial charge in [-0.1, -0.05) is 121 Å². The molecule has 0 aliphatic heterocycles. The topological polar surface area (TPSA) is 263 Å². The number of fused-ring (bicyclic) bond motifs is 5. The predicted molar refractivity (Wildman–Crippen MR) is 375 cm³/mol. The van der Waals surface area contributed by atoms with Crippen LogP contribution in [0, 0.1) is 27.7 Å². The van der Waals surface area contributed by atoms with E-state index >= 15 is 0 Å². The summed E-state index contributed by atoms with van der Waals surface area (Å²) >= 11 is 8.09. The van der Waals surface area contributed by atoms with Crippen molar-refractivity contribution < 1.29 is 42.0 Å². The summed E-state index contributed by atoms with van der Waals surface area (Å²) in [6.07, 6.45) is 16.3. The number of aromatic amines is 2. The van der Waals surface area contributed by atoms with E-state index in [-0.39, 0.29) is 46.6 Å². The third kappa shape index (κ3) is 20.3. The molecule has 491 valence electrons. The van der Waals surface area contributed by atoms with E-state index in [2.05, 4.69) is 79.1 Å². The summed E-state index contributed by atoms with van der Waals surface area (Å²) in [6.45, 7) is 7.71. The number of nitrogens with one attached hydrogen (secondary N) is 2. The summed E-state index contributed by atoms with van der Waals surface area (Å²) < 4.78 is 20.6. The van der Waals surface area contributed by atoms with Gasteiger partial charge in [-0.2, -0.15) is 0 Å². The number of aryl methyl sites for hydroxylation is 4. The summed E-state index contributed by atoms with van der Waals surface area (Å²) in [5, 5.41) is 16.0. The molecule has 3 N–H and O–H groups in total. The Kier molecular flexibility index (Phi) is 30.8. The zero-order valence-electron chi connectivity index (χ0n) is 50.2. The first kappa shape index (κ1) is 77.1. The number of aldehydes is 1. The van der Waals surface area contributed by atoms with Crippen LogP contribution in [0.25, 0.3) is 54.5 Å². The SMILES string of the molecule is C.C.C.C.Cc1[nH]cnc1C(=O)c1ccc2cccnc2c1.Cc1[nH]cnc1Cc1ccc2cccnc2c1.Cc1c(C(=O)c2ccc3cccnc3c2)ncn1C.Cc1c(C(O)c2ccc3cccnc3c2)ncn1C.ClCCl.O=Cc1ccc2cccnc2c1.[O]=[Mn]=[O]. The van der Waals surface area contributed by atoms with Crippen molar-refractivity contribution in [1.29, 1.82) is 0 Å². The number of pyridine rings is 5. The van der Waals surface area contributed by atoms with Gasteiger partial charge in [0.15, 0.2) is 0 Å². The molecule has 14 rings (SSSR count). The number of H-pyrrole nitrogens is 2. The van der Waals surface area contributed by atoms with E-state index in [4.69, 9.17) is 30.9 Å². The van der Waals surface area contributed by atoms with E-state index in [1.807, 2.05) is 160 Å². The second-order valence-electron chi connectivity index (χ2n) is 20.2. The first-order valence-electron chi connectivity index (χ1n) is 28.1. The third-order valence-corrected chi connectivity index (χ3v) is 14.4. The van der Waals surface area contributed by atoms with Crippen molar-refractivity contribution in [3.63, 3.8) is 0 Å². The summed E-state index contributed by atoms with van der Waals surface area (Å²) in [6, 6.07) is 48.2. The zero-order valence-corrected chi connectivity index (χ0v) is 52.9. The quantitative estimate of drug-likeness (QED) is 0.0525. The number of nitrogens with zero attached hydrogens (tertiary/aromatic N) is 11. The molecule has 1 unspecified atom stereocenters. The van der Waals surface area contributed by atoms with Crippen LogP contribution >= 0.6 is 23.2 Å². The molecule has 0 spiro atoms. The van der Waals surface area contributed by atoms with E-state index in [0.717, 1.165) is 95.9 Å². The van der Waals surface area contributed by atoms with Gasteiger partial charge in [0.2, 0.25) is 11.6 Å². The van der Waals surface area contributed by atoms with Gasteiger partial charge in [0.1, 0.15) is 23.8 Å². The first-order valence-corrected chi connectivity index (χ1v) is 30.1. The molecule has 0 radical (unpaired) electrons. The van der Waals surface area contributed by atoms with Crippen molar-refractivity contribution in [1.82, 2.24) is 64.0 Å². The molecule has 0 aliphatic carbocycles. The molecule has 14 aromatic rings. The number of carbonyl (C=O) groups is 3. The molecule has 0 fully saturated rings. The average Bonchev–Trinajstić information content (AvgIpc) is 1.31. The Bertz CT molecular complexity index is 4830. The van der Waals surface area contributed by atoms with Crippen LogP contribution in [0.15, 0.2) is 208 Å². The number of rotatable bonds is 9.